The highest BCUT2D eigenvalue weighted by Crippen LogP contribution is 2.35. The fourth-order valence-corrected chi connectivity index (χ4v) is 3.75. The lowest BCUT2D eigenvalue weighted by Gasteiger charge is -2.34. The van der Waals surface area contributed by atoms with Gasteiger partial charge in [0.2, 0.25) is 5.91 Å². The molecule has 2 aromatic rings. The van der Waals surface area contributed by atoms with E-state index >= 15 is 0 Å². The van der Waals surface area contributed by atoms with Gasteiger partial charge in [-0.1, -0.05) is 37.3 Å². The Balaban J connectivity index is 1.88. The van der Waals surface area contributed by atoms with Crippen LogP contribution in [0.4, 0.5) is 5.69 Å². The van der Waals surface area contributed by atoms with E-state index in [-0.39, 0.29) is 32.0 Å². The molecule has 0 radical (unpaired) electrons. The van der Waals surface area contributed by atoms with Crippen molar-refractivity contribution in [2.45, 2.75) is 46.3 Å². The summed E-state index contributed by atoms with van der Waals surface area (Å²) in [6.45, 7) is 5.08. The molecule has 0 fully saturated rings. The standard InChI is InChI=1S/C26H30N2O6/c1-4-9-22(29)20-12-13-23-21(14-20)28(26(32)18(3)34-23)16-24(30)27(17-25(31)33-5-2)15-19-10-7-6-8-11-19/h6-8,10-14,18H,4-5,9,15-17H2,1-3H3. The molecule has 0 saturated carbocycles. The monoisotopic (exact) mass is 466 g/mol. The largest absolute Gasteiger partial charge is 0.479 e. The van der Waals surface area contributed by atoms with Crippen molar-refractivity contribution in [2.24, 2.45) is 0 Å². The van der Waals surface area contributed by atoms with Crippen molar-refractivity contribution in [3.05, 3.63) is 59.7 Å². The van der Waals surface area contributed by atoms with Crippen molar-refractivity contribution in [3.63, 3.8) is 0 Å². The van der Waals surface area contributed by atoms with Crippen molar-refractivity contribution < 1.29 is 28.7 Å². The lowest BCUT2D eigenvalue weighted by atomic mass is 10.0. The highest BCUT2D eigenvalue weighted by molar-refractivity contribution is 6.05. The van der Waals surface area contributed by atoms with Gasteiger partial charge in [-0.05, 0) is 44.0 Å². The van der Waals surface area contributed by atoms with Gasteiger partial charge in [0.15, 0.2) is 11.9 Å². The van der Waals surface area contributed by atoms with Crippen LogP contribution >= 0.6 is 0 Å². The topological polar surface area (TPSA) is 93.2 Å². The number of amides is 2. The summed E-state index contributed by atoms with van der Waals surface area (Å²) in [5.74, 6) is -0.961. The van der Waals surface area contributed by atoms with E-state index in [1.54, 1.807) is 32.0 Å². The van der Waals surface area contributed by atoms with Gasteiger partial charge in [0.25, 0.3) is 5.91 Å². The maximum absolute atomic E-state index is 13.4. The van der Waals surface area contributed by atoms with E-state index in [0.29, 0.717) is 29.8 Å². The number of ether oxygens (including phenoxy) is 2. The van der Waals surface area contributed by atoms with Crippen LogP contribution in [-0.4, -0.2) is 54.3 Å². The predicted molar refractivity (Wildman–Crippen MR) is 127 cm³/mol. The normalized spacial score (nSPS) is 14.7. The number of hydrogen-bond acceptors (Lipinski definition) is 6. The van der Waals surface area contributed by atoms with Gasteiger partial charge < -0.3 is 14.4 Å². The maximum atomic E-state index is 13.4. The highest BCUT2D eigenvalue weighted by atomic mass is 16.5. The average Bonchev–Trinajstić information content (AvgIpc) is 2.82. The number of fused-ring (bicyclic) bond motifs is 1. The molecule has 0 saturated heterocycles. The fraction of sp³-hybridized carbons (Fsp3) is 0.385. The molecule has 1 aliphatic heterocycles. The molecule has 0 N–H and O–H groups in total. The molecule has 2 amide bonds. The van der Waals surface area contributed by atoms with Gasteiger partial charge in [-0.3, -0.25) is 24.1 Å². The molecule has 1 aliphatic rings. The molecular formula is C26H30N2O6. The van der Waals surface area contributed by atoms with Gasteiger partial charge in [-0.15, -0.1) is 0 Å². The van der Waals surface area contributed by atoms with E-state index in [4.69, 9.17) is 9.47 Å². The Kier molecular flexibility index (Phi) is 8.40. The van der Waals surface area contributed by atoms with E-state index in [0.717, 1.165) is 5.56 Å². The number of benzene rings is 2. The molecule has 1 unspecified atom stereocenters. The summed E-state index contributed by atoms with van der Waals surface area (Å²) in [5, 5.41) is 0. The third kappa shape index (κ3) is 6.01. The molecule has 0 spiro atoms. The number of hydrogen-bond donors (Lipinski definition) is 0. The first-order chi connectivity index (χ1) is 16.3. The predicted octanol–water partition coefficient (Wildman–Crippen LogP) is 3.38. The van der Waals surface area contributed by atoms with Gasteiger partial charge in [0.05, 0.1) is 12.3 Å². The molecule has 2 aromatic carbocycles. The second-order valence-corrected chi connectivity index (χ2v) is 8.08. The number of rotatable bonds is 10. The minimum atomic E-state index is -0.787. The molecule has 3 rings (SSSR count). The summed E-state index contributed by atoms with van der Waals surface area (Å²) in [4.78, 5) is 53.7. The maximum Gasteiger partial charge on any atom is 0.325 e. The van der Waals surface area contributed by atoms with Crippen molar-refractivity contribution in [1.82, 2.24) is 4.90 Å². The first kappa shape index (κ1) is 25.0. The SMILES string of the molecule is CCCC(=O)c1ccc2c(c1)N(CC(=O)N(CC(=O)OCC)Cc1ccccc1)C(=O)C(C)O2. The van der Waals surface area contributed by atoms with Crippen LogP contribution in [0.25, 0.3) is 0 Å². The second-order valence-electron chi connectivity index (χ2n) is 8.08. The quantitative estimate of drug-likeness (QED) is 0.394. The molecule has 1 atom stereocenters. The fourth-order valence-electron chi connectivity index (χ4n) is 3.75. The van der Waals surface area contributed by atoms with Crippen molar-refractivity contribution in [3.8, 4) is 5.75 Å². The zero-order chi connectivity index (χ0) is 24.7. The van der Waals surface area contributed by atoms with Crippen molar-refractivity contribution >= 4 is 29.3 Å². The third-order valence-electron chi connectivity index (χ3n) is 5.45. The van der Waals surface area contributed by atoms with E-state index in [1.807, 2.05) is 37.3 Å². The summed E-state index contributed by atoms with van der Waals surface area (Å²) in [7, 11) is 0. The average molecular weight is 467 g/mol. The lowest BCUT2D eigenvalue weighted by molar-refractivity contribution is -0.149. The molecule has 1 heterocycles. The number of Topliss-reactive ketones (excluding diaryl/α,β-unsaturated/α-hetero) is 1. The Morgan fingerprint density at radius 3 is 2.50 bits per heavy atom. The molecule has 0 aromatic heterocycles. The Bertz CT molecular complexity index is 1050. The van der Waals surface area contributed by atoms with Crippen LogP contribution in [0.5, 0.6) is 5.75 Å². The zero-order valence-corrected chi connectivity index (χ0v) is 19.8. The van der Waals surface area contributed by atoms with E-state index in [1.165, 1.54) is 9.80 Å². The van der Waals surface area contributed by atoms with Crippen molar-refractivity contribution in [2.75, 3.05) is 24.6 Å². The first-order valence-electron chi connectivity index (χ1n) is 11.5. The van der Waals surface area contributed by atoms with Gasteiger partial charge in [-0.25, -0.2) is 0 Å². The molecule has 0 aliphatic carbocycles. The minimum absolute atomic E-state index is 0.0457. The highest BCUT2D eigenvalue weighted by Gasteiger charge is 2.34. The number of carbonyl (C=O) groups excluding carboxylic acids is 4. The number of anilines is 1. The Morgan fingerprint density at radius 2 is 1.82 bits per heavy atom. The smallest absolute Gasteiger partial charge is 0.325 e. The Morgan fingerprint density at radius 1 is 1.09 bits per heavy atom. The summed E-state index contributed by atoms with van der Waals surface area (Å²) in [5.41, 5.74) is 1.67. The molecular weight excluding hydrogens is 436 g/mol. The van der Waals surface area contributed by atoms with E-state index in [9.17, 15) is 19.2 Å². The second kappa shape index (κ2) is 11.4. The van der Waals surface area contributed by atoms with Crippen LogP contribution in [0.1, 0.15) is 49.5 Å². The summed E-state index contributed by atoms with van der Waals surface area (Å²) < 4.78 is 10.7. The molecule has 180 valence electrons. The van der Waals surface area contributed by atoms with Gasteiger partial charge in [-0.2, -0.15) is 0 Å². The molecule has 8 heteroatoms. The van der Waals surface area contributed by atoms with Crippen molar-refractivity contribution in [1.29, 1.82) is 0 Å². The van der Waals surface area contributed by atoms with Crippen LogP contribution in [0.15, 0.2) is 48.5 Å². The van der Waals surface area contributed by atoms with Crippen LogP contribution < -0.4 is 9.64 Å². The number of ketones is 1. The van der Waals surface area contributed by atoms with E-state index in [2.05, 4.69) is 0 Å². The summed E-state index contributed by atoms with van der Waals surface area (Å²) >= 11 is 0. The van der Waals surface area contributed by atoms with Gasteiger partial charge in [0.1, 0.15) is 18.8 Å². The number of carbonyl (C=O) groups is 4. The van der Waals surface area contributed by atoms with Gasteiger partial charge >= 0.3 is 5.97 Å². The summed E-state index contributed by atoms with van der Waals surface area (Å²) in [6.07, 6.45) is 0.297. The van der Waals surface area contributed by atoms with E-state index < -0.39 is 23.9 Å². The molecule has 34 heavy (non-hydrogen) atoms. The van der Waals surface area contributed by atoms with Crippen LogP contribution in [-0.2, 0) is 25.7 Å². The molecule has 8 nitrogen and oxygen atoms in total. The van der Waals surface area contributed by atoms with Crippen LogP contribution in [0.2, 0.25) is 0 Å². The minimum Gasteiger partial charge on any atom is -0.479 e. The zero-order valence-electron chi connectivity index (χ0n) is 19.8. The van der Waals surface area contributed by atoms with Crippen LogP contribution in [0, 0.1) is 0 Å². The molecule has 0 bridgehead atoms. The number of esters is 1. The van der Waals surface area contributed by atoms with Gasteiger partial charge in [0, 0.05) is 18.5 Å². The number of nitrogens with zero attached hydrogens (tertiary/aromatic N) is 2. The summed E-state index contributed by atoms with van der Waals surface area (Å²) in [6, 6.07) is 14.2. The Hall–Kier alpha value is -3.68. The Labute approximate surface area is 199 Å². The third-order valence-corrected chi connectivity index (χ3v) is 5.45. The van der Waals surface area contributed by atoms with Crippen LogP contribution in [0.3, 0.4) is 0 Å². The lowest BCUT2D eigenvalue weighted by Crippen LogP contribution is -2.50. The first-order valence-corrected chi connectivity index (χ1v) is 11.5.